The molecule has 108 valence electrons. The zero-order chi connectivity index (χ0) is 15.2. The highest BCUT2D eigenvalue weighted by atomic mass is 16.4. The van der Waals surface area contributed by atoms with Gasteiger partial charge in [-0.3, -0.25) is 4.79 Å². The van der Waals surface area contributed by atoms with Crippen molar-refractivity contribution in [3.63, 3.8) is 0 Å². The van der Waals surface area contributed by atoms with Crippen molar-refractivity contribution in [1.82, 2.24) is 5.32 Å². The molecule has 2 aromatic rings. The molecule has 1 amide bonds. The van der Waals surface area contributed by atoms with E-state index < -0.39 is 5.97 Å². The van der Waals surface area contributed by atoms with Crippen LogP contribution in [0.4, 0.5) is 0 Å². The number of amides is 1. The first-order chi connectivity index (χ1) is 10.1. The molecule has 5 nitrogen and oxygen atoms in total. The molecule has 0 aliphatic carbocycles. The second-order valence-corrected chi connectivity index (χ2v) is 4.53. The van der Waals surface area contributed by atoms with Crippen LogP contribution < -0.4 is 5.32 Å². The van der Waals surface area contributed by atoms with E-state index >= 15 is 0 Å². The van der Waals surface area contributed by atoms with E-state index in [-0.39, 0.29) is 22.8 Å². The number of hydrogen-bond donors (Lipinski definition) is 3. The average Bonchev–Trinajstić information content (AvgIpc) is 2.48. The van der Waals surface area contributed by atoms with Crippen molar-refractivity contribution in [2.24, 2.45) is 0 Å². The Labute approximate surface area is 121 Å². The van der Waals surface area contributed by atoms with Gasteiger partial charge in [0.15, 0.2) is 0 Å². The third kappa shape index (κ3) is 3.82. The maximum absolute atomic E-state index is 11.9. The number of benzene rings is 2. The van der Waals surface area contributed by atoms with Gasteiger partial charge >= 0.3 is 5.97 Å². The molecule has 2 rings (SSSR count). The van der Waals surface area contributed by atoms with Crippen molar-refractivity contribution in [1.29, 1.82) is 0 Å². The number of para-hydroxylation sites is 1. The largest absolute Gasteiger partial charge is 0.507 e. The molecule has 2 aromatic carbocycles. The molecule has 0 unspecified atom stereocenters. The number of carbonyl (C=O) groups excluding carboxylic acids is 1. The van der Waals surface area contributed by atoms with Gasteiger partial charge in [0.05, 0.1) is 11.1 Å². The lowest BCUT2D eigenvalue weighted by Gasteiger charge is -2.07. The summed E-state index contributed by atoms with van der Waals surface area (Å²) >= 11 is 0. The van der Waals surface area contributed by atoms with Gasteiger partial charge in [0, 0.05) is 6.54 Å². The van der Waals surface area contributed by atoms with Crippen LogP contribution in [0.25, 0.3) is 0 Å². The van der Waals surface area contributed by atoms with Gasteiger partial charge < -0.3 is 15.5 Å². The molecule has 0 fully saturated rings. The number of phenolic OH excluding ortho intramolecular Hbond substituents is 1. The number of rotatable bonds is 5. The molecule has 5 heteroatoms. The summed E-state index contributed by atoms with van der Waals surface area (Å²) in [4.78, 5) is 22.7. The number of carboxylic acid groups (broad SMARTS) is 1. The van der Waals surface area contributed by atoms with E-state index in [4.69, 9.17) is 5.11 Å². The van der Waals surface area contributed by atoms with Crippen molar-refractivity contribution in [3.8, 4) is 5.75 Å². The van der Waals surface area contributed by atoms with Crippen molar-refractivity contribution in [2.75, 3.05) is 6.54 Å². The number of hydrogen-bond acceptors (Lipinski definition) is 3. The van der Waals surface area contributed by atoms with E-state index in [1.54, 1.807) is 30.3 Å². The fraction of sp³-hybridized carbons (Fsp3) is 0.125. The minimum absolute atomic E-state index is 0.0668. The molecule has 0 saturated heterocycles. The van der Waals surface area contributed by atoms with Crippen LogP contribution in [0, 0.1) is 0 Å². The van der Waals surface area contributed by atoms with Crippen LogP contribution in [0.2, 0.25) is 0 Å². The molecule has 0 spiro atoms. The third-order valence-corrected chi connectivity index (χ3v) is 3.02. The SMILES string of the molecule is O=C(O)c1cccc(CCNC(=O)c2ccccc2O)c1. The number of phenols is 1. The molecule has 0 aliphatic rings. The zero-order valence-electron chi connectivity index (χ0n) is 11.2. The summed E-state index contributed by atoms with van der Waals surface area (Å²) < 4.78 is 0. The molecule has 0 radical (unpaired) electrons. The average molecular weight is 285 g/mol. The lowest BCUT2D eigenvalue weighted by Crippen LogP contribution is -2.25. The fourth-order valence-corrected chi connectivity index (χ4v) is 1.94. The molecule has 0 bridgehead atoms. The fourth-order valence-electron chi connectivity index (χ4n) is 1.94. The number of nitrogens with one attached hydrogen (secondary N) is 1. The van der Waals surface area contributed by atoms with Gasteiger partial charge in [0.25, 0.3) is 5.91 Å². The Morgan fingerprint density at radius 2 is 1.81 bits per heavy atom. The molecule has 3 N–H and O–H groups in total. The van der Waals surface area contributed by atoms with E-state index in [0.717, 1.165) is 5.56 Å². The van der Waals surface area contributed by atoms with Crippen LogP contribution in [0.15, 0.2) is 48.5 Å². The summed E-state index contributed by atoms with van der Waals surface area (Å²) in [7, 11) is 0. The first-order valence-electron chi connectivity index (χ1n) is 6.46. The normalized spacial score (nSPS) is 10.1. The summed E-state index contributed by atoms with van der Waals surface area (Å²) in [6.07, 6.45) is 0.514. The molecular weight excluding hydrogens is 270 g/mol. The van der Waals surface area contributed by atoms with Crippen molar-refractivity contribution >= 4 is 11.9 Å². The van der Waals surface area contributed by atoms with Crippen molar-refractivity contribution < 1.29 is 19.8 Å². The van der Waals surface area contributed by atoms with Crippen LogP contribution in [0.1, 0.15) is 26.3 Å². The summed E-state index contributed by atoms with van der Waals surface area (Å²) in [6, 6.07) is 12.9. The van der Waals surface area contributed by atoms with Crippen molar-refractivity contribution in [2.45, 2.75) is 6.42 Å². The summed E-state index contributed by atoms with van der Waals surface area (Å²) in [6.45, 7) is 0.357. The Balaban J connectivity index is 1.93. The van der Waals surface area contributed by atoms with Gasteiger partial charge in [-0.05, 0) is 36.2 Å². The number of aromatic hydroxyl groups is 1. The van der Waals surface area contributed by atoms with E-state index in [1.165, 1.54) is 18.2 Å². The summed E-state index contributed by atoms with van der Waals surface area (Å²) in [5, 5.41) is 21.2. The minimum atomic E-state index is -0.977. The number of aromatic carboxylic acids is 1. The monoisotopic (exact) mass is 285 g/mol. The highest BCUT2D eigenvalue weighted by molar-refractivity contribution is 5.96. The van der Waals surface area contributed by atoms with Gasteiger partial charge in [-0.1, -0.05) is 24.3 Å². The van der Waals surface area contributed by atoms with Gasteiger partial charge in [-0.15, -0.1) is 0 Å². The third-order valence-electron chi connectivity index (χ3n) is 3.02. The topological polar surface area (TPSA) is 86.6 Å². The van der Waals surface area contributed by atoms with Crippen LogP contribution in [-0.2, 0) is 6.42 Å². The molecule has 21 heavy (non-hydrogen) atoms. The van der Waals surface area contributed by atoms with Gasteiger partial charge in [0.2, 0.25) is 0 Å². The quantitative estimate of drug-likeness (QED) is 0.784. The highest BCUT2D eigenvalue weighted by Gasteiger charge is 2.09. The van der Waals surface area contributed by atoms with E-state index in [1.807, 2.05) is 0 Å². The predicted octanol–water partition coefficient (Wildman–Crippen LogP) is 2.06. The first-order valence-corrected chi connectivity index (χ1v) is 6.46. The Kier molecular flexibility index (Phi) is 4.56. The van der Waals surface area contributed by atoms with Crippen LogP contribution >= 0.6 is 0 Å². The molecule has 0 aliphatic heterocycles. The molecule has 0 saturated carbocycles. The van der Waals surface area contributed by atoms with E-state index in [2.05, 4.69) is 5.32 Å². The van der Waals surface area contributed by atoms with Crippen molar-refractivity contribution in [3.05, 3.63) is 65.2 Å². The molecule has 0 heterocycles. The molecular formula is C16H15NO4. The number of carboxylic acids is 1. The maximum Gasteiger partial charge on any atom is 0.335 e. The van der Waals surface area contributed by atoms with Gasteiger partial charge in [-0.2, -0.15) is 0 Å². The van der Waals surface area contributed by atoms with E-state index in [0.29, 0.717) is 13.0 Å². The highest BCUT2D eigenvalue weighted by Crippen LogP contribution is 2.15. The Bertz CT molecular complexity index is 667. The standard InChI is InChI=1S/C16H15NO4/c18-14-7-2-1-6-13(14)15(19)17-9-8-11-4-3-5-12(10-11)16(20)21/h1-7,10,18H,8-9H2,(H,17,19)(H,20,21). The lowest BCUT2D eigenvalue weighted by molar-refractivity contribution is 0.0696. The smallest absolute Gasteiger partial charge is 0.335 e. The number of carbonyl (C=O) groups is 2. The Morgan fingerprint density at radius 1 is 1.05 bits per heavy atom. The van der Waals surface area contributed by atoms with E-state index in [9.17, 15) is 14.7 Å². The summed E-state index contributed by atoms with van der Waals surface area (Å²) in [5.41, 5.74) is 1.27. The second-order valence-electron chi connectivity index (χ2n) is 4.53. The van der Waals surface area contributed by atoms with Gasteiger partial charge in [-0.25, -0.2) is 4.79 Å². The summed E-state index contributed by atoms with van der Waals surface area (Å²) in [5.74, 6) is -1.40. The van der Waals surface area contributed by atoms with Gasteiger partial charge in [0.1, 0.15) is 5.75 Å². The lowest BCUT2D eigenvalue weighted by atomic mass is 10.1. The van der Waals surface area contributed by atoms with Crippen LogP contribution in [0.5, 0.6) is 5.75 Å². The predicted molar refractivity (Wildman–Crippen MR) is 77.5 cm³/mol. The minimum Gasteiger partial charge on any atom is -0.507 e. The second kappa shape index (κ2) is 6.56. The Hall–Kier alpha value is -2.82. The van der Waals surface area contributed by atoms with Crippen LogP contribution in [-0.4, -0.2) is 28.6 Å². The Morgan fingerprint density at radius 3 is 2.52 bits per heavy atom. The zero-order valence-corrected chi connectivity index (χ0v) is 11.2. The van der Waals surface area contributed by atoms with Crippen LogP contribution in [0.3, 0.4) is 0 Å². The maximum atomic E-state index is 11.9. The first kappa shape index (κ1) is 14.6. The molecule has 0 atom stereocenters. The molecule has 0 aromatic heterocycles.